The molecule has 0 aliphatic carbocycles. The highest BCUT2D eigenvalue weighted by Crippen LogP contribution is 2.37. The zero-order valence-electron chi connectivity index (χ0n) is 25.5. The molecule has 3 aromatic rings. The molecule has 0 bridgehead atoms. The van der Waals surface area contributed by atoms with Crippen LogP contribution >= 0.6 is 0 Å². The van der Waals surface area contributed by atoms with Crippen LogP contribution in [0.2, 0.25) is 0 Å². The van der Waals surface area contributed by atoms with Gasteiger partial charge in [-0.1, -0.05) is 13.0 Å². The van der Waals surface area contributed by atoms with Crippen LogP contribution < -0.4 is 5.73 Å². The first-order valence-electron chi connectivity index (χ1n) is 15.0. The number of carbonyl (C=O) groups excluding carboxylic acids is 3. The number of ketones is 2. The quantitative estimate of drug-likeness (QED) is 0.248. The molecule has 2 N–H and O–H groups in total. The Hall–Kier alpha value is -4.20. The Bertz CT molecular complexity index is 1660. The third-order valence-electron chi connectivity index (χ3n) is 8.96. The normalized spacial score (nSPS) is 17.2. The Morgan fingerprint density at radius 2 is 1.76 bits per heavy atom. The van der Waals surface area contributed by atoms with E-state index in [1.165, 1.54) is 25.3 Å². The van der Waals surface area contributed by atoms with Gasteiger partial charge in [-0.05, 0) is 57.5 Å². The van der Waals surface area contributed by atoms with E-state index in [0.717, 1.165) is 16.7 Å². The van der Waals surface area contributed by atoms with E-state index in [2.05, 4.69) is 19.9 Å². The lowest BCUT2D eigenvalue weighted by Gasteiger charge is -2.37. The van der Waals surface area contributed by atoms with Crippen molar-refractivity contribution in [3.05, 3.63) is 70.6 Å². The van der Waals surface area contributed by atoms with E-state index in [9.17, 15) is 27.6 Å². The van der Waals surface area contributed by atoms with Gasteiger partial charge in [-0.2, -0.15) is 13.2 Å². The first kappa shape index (κ1) is 33.2. The van der Waals surface area contributed by atoms with Crippen molar-refractivity contribution in [3.8, 4) is 11.3 Å². The first-order valence-corrected chi connectivity index (χ1v) is 15.0. The number of benzene rings is 1. The molecular weight excluding hydrogens is 603 g/mol. The van der Waals surface area contributed by atoms with Crippen LogP contribution in [0.3, 0.4) is 0 Å². The molecule has 0 saturated carbocycles. The first-order chi connectivity index (χ1) is 21.7. The third-order valence-corrected chi connectivity index (χ3v) is 8.96. The van der Waals surface area contributed by atoms with Gasteiger partial charge in [-0.3, -0.25) is 24.3 Å². The summed E-state index contributed by atoms with van der Waals surface area (Å²) in [6.07, 6.45) is -0.978. The number of nitrogens with zero attached hydrogens (tertiary/aromatic N) is 5. The molecule has 2 radical (unpaired) electrons. The van der Waals surface area contributed by atoms with Gasteiger partial charge in [0, 0.05) is 60.3 Å². The van der Waals surface area contributed by atoms with E-state index in [1.807, 2.05) is 0 Å². The van der Waals surface area contributed by atoms with Gasteiger partial charge in [0.1, 0.15) is 31.0 Å². The minimum absolute atomic E-state index is 0.00632. The van der Waals surface area contributed by atoms with Gasteiger partial charge in [0.25, 0.3) is 5.91 Å². The number of halogens is 4. The summed E-state index contributed by atoms with van der Waals surface area (Å²) in [6, 6.07) is 6.33. The summed E-state index contributed by atoms with van der Waals surface area (Å²) >= 11 is 0. The summed E-state index contributed by atoms with van der Waals surface area (Å²) < 4.78 is 54.3. The predicted molar refractivity (Wildman–Crippen MR) is 162 cm³/mol. The molecule has 1 fully saturated rings. The Morgan fingerprint density at radius 1 is 1.07 bits per heavy atom. The highest BCUT2D eigenvalue weighted by molar-refractivity contribution is 6.30. The average molecular weight is 636 g/mol. The van der Waals surface area contributed by atoms with Crippen LogP contribution in [-0.2, 0) is 28.9 Å². The van der Waals surface area contributed by atoms with Crippen LogP contribution in [0.1, 0.15) is 84.7 Å². The number of carbonyl (C=O) groups is 3. The largest absolute Gasteiger partial charge is 0.434 e. The number of alkyl halides is 3. The number of nitrogen functional groups attached to an aromatic ring is 1. The standard InChI is InChI=1S/C32H33BF4N6O3/c1-3-21(45)8-11-31(33,18(2)44)43-17-24-22(30(43)46)5-6-23(28(24)34)25-7-4-20(29(38)41-25)16-42-12-9-19(10-13-42)26-14-40-27(15-39-26)32(35,36)37/h4-7,14-15,19H,3,8-13,16-17H2,1-2H3,(H2,38,41)/t31-/m0/s1. The summed E-state index contributed by atoms with van der Waals surface area (Å²) in [5.41, 5.74) is 5.38. The number of amides is 1. The highest BCUT2D eigenvalue weighted by atomic mass is 19.4. The topological polar surface area (TPSA) is 122 Å². The van der Waals surface area contributed by atoms with Crippen molar-refractivity contribution in [3.63, 3.8) is 0 Å². The Balaban J connectivity index is 1.26. The predicted octanol–water partition coefficient (Wildman–Crippen LogP) is 4.83. The van der Waals surface area contributed by atoms with E-state index in [4.69, 9.17) is 13.6 Å². The fourth-order valence-electron chi connectivity index (χ4n) is 5.99. The minimum Gasteiger partial charge on any atom is -0.383 e. The molecule has 2 aromatic heterocycles. The smallest absolute Gasteiger partial charge is 0.383 e. The molecule has 2 aliphatic heterocycles. The van der Waals surface area contributed by atoms with E-state index in [0.29, 0.717) is 38.2 Å². The summed E-state index contributed by atoms with van der Waals surface area (Å²) in [5, 5.41) is 0. The van der Waals surface area contributed by atoms with Crippen molar-refractivity contribution >= 4 is 31.1 Å². The van der Waals surface area contributed by atoms with Crippen LogP contribution in [-0.4, -0.2) is 68.6 Å². The van der Waals surface area contributed by atoms with Gasteiger partial charge in [0.2, 0.25) is 0 Å². The Labute approximate surface area is 265 Å². The van der Waals surface area contributed by atoms with E-state index >= 15 is 4.39 Å². The molecule has 46 heavy (non-hydrogen) atoms. The van der Waals surface area contributed by atoms with Crippen molar-refractivity contribution in [1.29, 1.82) is 0 Å². The molecule has 240 valence electrons. The average Bonchev–Trinajstić information content (AvgIpc) is 3.38. The number of Topliss-reactive ketones (excluding diaryl/α,β-unsaturated/α-hetero) is 2. The van der Waals surface area contributed by atoms with Crippen LogP contribution in [0, 0.1) is 5.82 Å². The molecule has 0 unspecified atom stereocenters. The van der Waals surface area contributed by atoms with Gasteiger partial charge in [0.05, 0.1) is 23.0 Å². The van der Waals surface area contributed by atoms with Crippen LogP contribution in [0.4, 0.5) is 23.4 Å². The number of likely N-dealkylation sites (tertiary alicyclic amines) is 1. The van der Waals surface area contributed by atoms with Crippen LogP contribution in [0.25, 0.3) is 11.3 Å². The van der Waals surface area contributed by atoms with Crippen molar-refractivity contribution in [1.82, 2.24) is 24.8 Å². The molecule has 2 aliphatic rings. The molecule has 9 nitrogen and oxygen atoms in total. The molecule has 14 heteroatoms. The molecule has 4 heterocycles. The van der Waals surface area contributed by atoms with E-state index < -0.39 is 34.8 Å². The monoisotopic (exact) mass is 636 g/mol. The van der Waals surface area contributed by atoms with E-state index in [-0.39, 0.29) is 65.7 Å². The lowest BCUT2D eigenvalue weighted by molar-refractivity contribution is -0.141. The molecule has 1 aromatic carbocycles. The fraction of sp³-hybridized carbons (Fsp3) is 0.438. The third kappa shape index (κ3) is 6.53. The minimum atomic E-state index is -4.53. The Kier molecular flexibility index (Phi) is 9.30. The maximum absolute atomic E-state index is 15.9. The molecule has 0 spiro atoms. The maximum atomic E-state index is 15.9. The lowest BCUT2D eigenvalue weighted by Crippen LogP contribution is -2.54. The summed E-state index contributed by atoms with van der Waals surface area (Å²) in [6.45, 7) is 4.51. The number of rotatable bonds is 10. The van der Waals surface area contributed by atoms with Crippen molar-refractivity contribution in [2.45, 2.75) is 76.6 Å². The van der Waals surface area contributed by atoms with E-state index in [1.54, 1.807) is 19.1 Å². The van der Waals surface area contributed by atoms with Gasteiger partial charge >= 0.3 is 6.18 Å². The second kappa shape index (κ2) is 12.9. The van der Waals surface area contributed by atoms with Crippen molar-refractivity contribution in [2.24, 2.45) is 0 Å². The van der Waals surface area contributed by atoms with Gasteiger partial charge in [-0.15, -0.1) is 0 Å². The zero-order chi connectivity index (χ0) is 33.4. The number of fused-ring (bicyclic) bond motifs is 1. The summed E-state index contributed by atoms with van der Waals surface area (Å²) in [7, 11) is 6.39. The SMILES string of the molecule is [B][C@](CCC(=O)CC)(C(C)=O)N1Cc2c(ccc(-c3ccc(CN4CCC(c5cnc(C(F)(F)F)cn5)CC4)c(N)n3)c2F)C1=O. The van der Waals surface area contributed by atoms with Crippen molar-refractivity contribution < 1.29 is 31.9 Å². The second-order valence-corrected chi connectivity index (χ2v) is 11.8. The van der Waals surface area contributed by atoms with Crippen molar-refractivity contribution in [2.75, 3.05) is 18.8 Å². The summed E-state index contributed by atoms with van der Waals surface area (Å²) in [4.78, 5) is 53.0. The van der Waals surface area contributed by atoms with Gasteiger partial charge in [0.15, 0.2) is 5.69 Å². The highest BCUT2D eigenvalue weighted by Gasteiger charge is 2.44. The number of piperidine rings is 1. The fourth-order valence-corrected chi connectivity index (χ4v) is 5.99. The molecular formula is C32H33BF4N6O3. The zero-order valence-corrected chi connectivity index (χ0v) is 25.5. The Morgan fingerprint density at radius 3 is 2.35 bits per heavy atom. The second-order valence-electron chi connectivity index (χ2n) is 11.8. The lowest BCUT2D eigenvalue weighted by atomic mass is 9.69. The number of hydrogen-bond acceptors (Lipinski definition) is 8. The van der Waals surface area contributed by atoms with Crippen LogP contribution in [0.5, 0.6) is 0 Å². The number of anilines is 1. The molecule has 1 saturated heterocycles. The number of aromatic nitrogens is 3. The molecule has 1 atom stereocenters. The number of pyridine rings is 1. The molecule has 1 amide bonds. The summed E-state index contributed by atoms with van der Waals surface area (Å²) in [5.74, 6) is -1.65. The maximum Gasteiger partial charge on any atom is 0.434 e. The number of hydrogen-bond donors (Lipinski definition) is 1. The number of nitrogens with two attached hydrogens (primary N) is 1. The molecule has 5 rings (SSSR count). The van der Waals surface area contributed by atoms with Gasteiger partial charge < -0.3 is 10.6 Å². The van der Waals surface area contributed by atoms with Gasteiger partial charge in [-0.25, -0.2) is 14.4 Å². The van der Waals surface area contributed by atoms with Crippen LogP contribution in [0.15, 0.2) is 36.7 Å².